The van der Waals surface area contributed by atoms with E-state index in [0.29, 0.717) is 0 Å². The predicted octanol–water partition coefficient (Wildman–Crippen LogP) is 4.01. The second-order valence-electron chi connectivity index (χ2n) is 6.18. The molecule has 1 N–H and O–H groups in total. The summed E-state index contributed by atoms with van der Waals surface area (Å²) in [4.78, 5) is 23.0. The van der Waals surface area contributed by atoms with Crippen LogP contribution in [-0.4, -0.2) is 16.1 Å². The van der Waals surface area contributed by atoms with Gasteiger partial charge in [-0.2, -0.15) is 5.10 Å². The van der Waals surface area contributed by atoms with Gasteiger partial charge in [0.1, 0.15) is 0 Å². The Morgan fingerprint density at radius 3 is 2.57 bits per heavy atom. The number of carbonyl (C=O) groups is 1. The fourth-order valence-electron chi connectivity index (χ4n) is 3.05. The van der Waals surface area contributed by atoms with Gasteiger partial charge in [0.05, 0.1) is 17.1 Å². The van der Waals surface area contributed by atoms with Gasteiger partial charge in [-0.25, -0.2) is 0 Å². The first-order chi connectivity index (χ1) is 11.0. The third kappa shape index (κ3) is 2.65. The minimum absolute atomic E-state index is 0.270. The number of amides is 1. The Hall–Kier alpha value is -2.82. The molecule has 3 aromatic rings. The van der Waals surface area contributed by atoms with Crippen molar-refractivity contribution in [1.82, 2.24) is 10.2 Å². The molecule has 1 aromatic heterocycles. The molecular formula is C18H17N3O2. The number of aromatic nitrogens is 2. The Labute approximate surface area is 133 Å². The Morgan fingerprint density at radius 2 is 1.87 bits per heavy atom. The lowest BCUT2D eigenvalue weighted by molar-refractivity contribution is -0.126. The number of fused-ring (bicyclic) bond motifs is 1. The number of nitrogens with zero attached hydrogens (tertiary/aromatic N) is 2. The number of nitrogens with one attached hydrogen (secondary N) is 1. The number of nitroso groups, excluding NO2 is 1. The first-order valence-electron chi connectivity index (χ1n) is 7.40. The quantitative estimate of drug-likeness (QED) is 0.740. The van der Waals surface area contributed by atoms with E-state index in [9.17, 15) is 9.70 Å². The average Bonchev–Trinajstić information content (AvgIpc) is 3.02. The van der Waals surface area contributed by atoms with Crippen molar-refractivity contribution in [3.63, 3.8) is 0 Å². The molecule has 0 aliphatic heterocycles. The molecule has 1 unspecified atom stereocenters. The van der Waals surface area contributed by atoms with Crippen molar-refractivity contribution in [2.45, 2.75) is 19.8 Å². The number of benzene rings is 2. The van der Waals surface area contributed by atoms with E-state index in [0.717, 1.165) is 22.0 Å². The fourth-order valence-corrected chi connectivity index (χ4v) is 3.05. The number of carbonyl (C=O) groups excluding carboxylic acids is 1. The zero-order valence-electron chi connectivity index (χ0n) is 13.0. The molecule has 0 bridgehead atoms. The lowest BCUT2D eigenvalue weighted by atomic mass is 9.70. The molecule has 1 atom stereocenters. The van der Waals surface area contributed by atoms with Crippen LogP contribution in [0.15, 0.2) is 59.9 Å². The monoisotopic (exact) mass is 307 g/mol. The highest BCUT2D eigenvalue weighted by molar-refractivity contribution is 5.85. The van der Waals surface area contributed by atoms with Crippen molar-refractivity contribution in [3.8, 4) is 0 Å². The van der Waals surface area contributed by atoms with Crippen molar-refractivity contribution in [2.75, 3.05) is 0 Å². The van der Waals surface area contributed by atoms with Crippen LogP contribution < -0.4 is 0 Å². The Morgan fingerprint density at radius 1 is 1.13 bits per heavy atom. The molecule has 0 saturated carbocycles. The highest BCUT2D eigenvalue weighted by Gasteiger charge is 2.39. The van der Waals surface area contributed by atoms with Crippen molar-refractivity contribution in [2.24, 2.45) is 10.6 Å². The van der Waals surface area contributed by atoms with E-state index in [4.69, 9.17) is 0 Å². The molecular weight excluding hydrogens is 290 g/mol. The molecule has 116 valence electrons. The number of hydrogen-bond donors (Lipinski definition) is 1. The Kier molecular flexibility index (Phi) is 3.78. The number of rotatable bonds is 4. The van der Waals surface area contributed by atoms with E-state index >= 15 is 0 Å². The van der Waals surface area contributed by atoms with Gasteiger partial charge in [-0.05, 0) is 37.1 Å². The predicted molar refractivity (Wildman–Crippen MR) is 89.0 cm³/mol. The highest BCUT2D eigenvalue weighted by atomic mass is 16.3. The Balaban J connectivity index is 2.18. The molecule has 0 fully saturated rings. The standard InChI is InChI=1S/C18H17N3O2/c1-18(2,17(22)21-23)16(12-6-4-3-5-7-12)13-8-9-15-14(10-13)11-19-20-15/h3-11,16H,1-2H3,(H,19,20). The van der Waals surface area contributed by atoms with Gasteiger partial charge >= 0.3 is 0 Å². The molecule has 0 aliphatic rings. The summed E-state index contributed by atoms with van der Waals surface area (Å²) in [5.41, 5.74) is 1.91. The van der Waals surface area contributed by atoms with Crippen LogP contribution in [0.4, 0.5) is 0 Å². The maximum absolute atomic E-state index is 12.1. The van der Waals surface area contributed by atoms with Crippen molar-refractivity contribution < 1.29 is 4.79 Å². The van der Waals surface area contributed by atoms with Crippen molar-refractivity contribution in [3.05, 3.63) is 70.8 Å². The molecule has 0 radical (unpaired) electrons. The number of aromatic amines is 1. The van der Waals surface area contributed by atoms with E-state index in [-0.39, 0.29) is 5.92 Å². The van der Waals surface area contributed by atoms with Gasteiger partial charge in [0.2, 0.25) is 0 Å². The minimum Gasteiger partial charge on any atom is -0.278 e. The molecule has 0 spiro atoms. The highest BCUT2D eigenvalue weighted by Crippen LogP contribution is 2.42. The van der Waals surface area contributed by atoms with Crippen LogP contribution in [0.25, 0.3) is 10.9 Å². The third-order valence-electron chi connectivity index (χ3n) is 4.29. The van der Waals surface area contributed by atoms with E-state index in [1.165, 1.54) is 0 Å². The molecule has 0 aliphatic carbocycles. The Bertz CT molecular complexity index is 853. The molecule has 2 aromatic carbocycles. The van der Waals surface area contributed by atoms with Gasteiger partial charge in [-0.1, -0.05) is 36.4 Å². The second kappa shape index (κ2) is 5.76. The van der Waals surface area contributed by atoms with E-state index in [2.05, 4.69) is 15.4 Å². The van der Waals surface area contributed by atoms with Gasteiger partial charge in [0.15, 0.2) is 0 Å². The van der Waals surface area contributed by atoms with Crippen molar-refractivity contribution >= 4 is 16.8 Å². The van der Waals surface area contributed by atoms with Crippen LogP contribution in [0.3, 0.4) is 0 Å². The minimum atomic E-state index is -0.944. The van der Waals surface area contributed by atoms with Gasteiger partial charge < -0.3 is 0 Å². The van der Waals surface area contributed by atoms with Gasteiger partial charge in [-0.3, -0.25) is 9.89 Å². The first-order valence-corrected chi connectivity index (χ1v) is 7.40. The fraction of sp³-hybridized carbons (Fsp3) is 0.222. The van der Waals surface area contributed by atoms with Gasteiger partial charge in [0, 0.05) is 16.5 Å². The summed E-state index contributed by atoms with van der Waals surface area (Å²) < 4.78 is 0. The van der Waals surface area contributed by atoms with Crippen LogP contribution in [0.2, 0.25) is 0 Å². The molecule has 1 heterocycles. The summed E-state index contributed by atoms with van der Waals surface area (Å²) in [5, 5.41) is 10.6. The topological polar surface area (TPSA) is 75.2 Å². The summed E-state index contributed by atoms with van der Waals surface area (Å²) >= 11 is 0. The molecule has 3 rings (SSSR count). The molecule has 5 heteroatoms. The van der Waals surface area contributed by atoms with Gasteiger partial charge in [-0.15, -0.1) is 4.91 Å². The molecule has 5 nitrogen and oxygen atoms in total. The second-order valence-corrected chi connectivity index (χ2v) is 6.18. The van der Waals surface area contributed by atoms with Crippen LogP contribution in [0, 0.1) is 10.3 Å². The molecule has 1 amide bonds. The largest absolute Gasteiger partial charge is 0.292 e. The first kappa shape index (κ1) is 15.1. The van der Waals surface area contributed by atoms with E-state index in [1.807, 2.05) is 48.5 Å². The van der Waals surface area contributed by atoms with E-state index < -0.39 is 11.3 Å². The van der Waals surface area contributed by atoms with Crippen LogP contribution in [0.5, 0.6) is 0 Å². The lowest BCUT2D eigenvalue weighted by Crippen LogP contribution is -2.31. The maximum atomic E-state index is 12.1. The summed E-state index contributed by atoms with van der Waals surface area (Å²) in [5.74, 6) is -0.924. The summed E-state index contributed by atoms with van der Waals surface area (Å²) in [6, 6.07) is 15.6. The molecule has 0 saturated heterocycles. The summed E-state index contributed by atoms with van der Waals surface area (Å²) in [6.07, 6.45) is 1.74. The number of H-pyrrole nitrogens is 1. The molecule has 23 heavy (non-hydrogen) atoms. The van der Waals surface area contributed by atoms with Crippen LogP contribution >= 0.6 is 0 Å². The average molecular weight is 307 g/mol. The van der Waals surface area contributed by atoms with E-state index in [1.54, 1.807) is 20.0 Å². The zero-order chi connectivity index (χ0) is 16.4. The SMILES string of the molecule is CC(C)(C(=O)N=O)C(c1ccccc1)c1ccc2[nH]ncc2c1. The van der Waals surface area contributed by atoms with Crippen LogP contribution in [-0.2, 0) is 4.79 Å². The summed E-state index contributed by atoms with van der Waals surface area (Å²) in [6.45, 7) is 3.52. The maximum Gasteiger partial charge on any atom is 0.292 e. The zero-order valence-corrected chi connectivity index (χ0v) is 13.0. The van der Waals surface area contributed by atoms with Crippen LogP contribution in [0.1, 0.15) is 30.9 Å². The number of hydrogen-bond acceptors (Lipinski definition) is 3. The summed E-state index contributed by atoms with van der Waals surface area (Å²) in [7, 11) is 0. The normalized spacial score (nSPS) is 13.0. The smallest absolute Gasteiger partial charge is 0.278 e. The lowest BCUT2D eigenvalue weighted by Gasteiger charge is -2.31. The van der Waals surface area contributed by atoms with Gasteiger partial charge in [0.25, 0.3) is 5.91 Å². The van der Waals surface area contributed by atoms with Crippen molar-refractivity contribution in [1.29, 1.82) is 0 Å². The third-order valence-corrected chi connectivity index (χ3v) is 4.29.